The summed E-state index contributed by atoms with van der Waals surface area (Å²) >= 11 is 0. The van der Waals surface area contributed by atoms with Crippen molar-refractivity contribution in [1.82, 2.24) is 10.6 Å². The molecule has 1 saturated carbocycles. The van der Waals surface area contributed by atoms with Gasteiger partial charge in [-0.05, 0) is 59.4 Å². The molecule has 1 fully saturated rings. The van der Waals surface area contributed by atoms with Crippen LogP contribution in [0.3, 0.4) is 0 Å². The van der Waals surface area contributed by atoms with Crippen LogP contribution in [0.2, 0.25) is 0 Å². The summed E-state index contributed by atoms with van der Waals surface area (Å²) in [5.41, 5.74) is 1.91. The van der Waals surface area contributed by atoms with Gasteiger partial charge in [-0.2, -0.15) is 0 Å². The summed E-state index contributed by atoms with van der Waals surface area (Å²) in [5, 5.41) is 6.64. The number of carbonyl (C=O) groups is 1. The van der Waals surface area contributed by atoms with E-state index in [0.29, 0.717) is 0 Å². The summed E-state index contributed by atoms with van der Waals surface area (Å²) in [6, 6.07) is 8.83. The number of aryl methyl sites for hydroxylation is 1. The summed E-state index contributed by atoms with van der Waals surface area (Å²) < 4.78 is 5.40. The van der Waals surface area contributed by atoms with Crippen LogP contribution in [0.4, 0.5) is 4.79 Å². The largest absolute Gasteiger partial charge is 0.444 e. The molecule has 1 atom stereocenters. The maximum atomic E-state index is 12.1. The van der Waals surface area contributed by atoms with Gasteiger partial charge in [-0.25, -0.2) is 4.79 Å². The third kappa shape index (κ3) is 5.24. The van der Waals surface area contributed by atoms with Gasteiger partial charge in [0.05, 0.1) is 5.54 Å². The number of benzene rings is 1. The predicted molar refractivity (Wildman–Crippen MR) is 93.5 cm³/mol. The number of alkyl carbamates (subject to hydrolysis) is 1. The number of hydrogen-bond acceptors (Lipinski definition) is 3. The Labute approximate surface area is 140 Å². The maximum absolute atomic E-state index is 12.1. The number of ether oxygens (including phenoxy) is 1. The van der Waals surface area contributed by atoms with Crippen LogP contribution in [-0.2, 0) is 4.74 Å². The molecule has 0 bridgehead atoms. The molecule has 23 heavy (non-hydrogen) atoms. The SMILES string of the molecule is Cc1ccc(C(C)NCC2(NC(=O)OC(C)(C)C)CCC2)cc1. The Morgan fingerprint density at radius 2 is 1.87 bits per heavy atom. The Kier molecular flexibility index (Phi) is 5.35. The molecule has 128 valence electrons. The van der Waals surface area contributed by atoms with Crippen molar-refractivity contribution in [3.8, 4) is 0 Å². The maximum Gasteiger partial charge on any atom is 0.408 e. The molecule has 4 heteroatoms. The minimum Gasteiger partial charge on any atom is -0.444 e. The van der Waals surface area contributed by atoms with Crippen LogP contribution >= 0.6 is 0 Å². The zero-order chi connectivity index (χ0) is 17.1. The van der Waals surface area contributed by atoms with E-state index in [1.165, 1.54) is 11.1 Å². The average molecular weight is 318 g/mol. The normalized spacial score (nSPS) is 18.0. The van der Waals surface area contributed by atoms with Crippen molar-refractivity contribution >= 4 is 6.09 Å². The summed E-state index contributed by atoms with van der Waals surface area (Å²) in [6.07, 6.45) is 2.83. The van der Waals surface area contributed by atoms with E-state index in [1.807, 2.05) is 20.8 Å². The number of nitrogens with one attached hydrogen (secondary N) is 2. The fraction of sp³-hybridized carbons (Fsp3) is 0.632. The lowest BCUT2D eigenvalue weighted by molar-refractivity contribution is 0.0379. The van der Waals surface area contributed by atoms with Crippen LogP contribution in [-0.4, -0.2) is 23.8 Å². The zero-order valence-corrected chi connectivity index (χ0v) is 15.0. The van der Waals surface area contributed by atoms with Crippen molar-refractivity contribution in [3.63, 3.8) is 0 Å². The highest BCUT2D eigenvalue weighted by molar-refractivity contribution is 5.69. The number of hydrogen-bond donors (Lipinski definition) is 2. The van der Waals surface area contributed by atoms with Gasteiger partial charge in [0.15, 0.2) is 0 Å². The highest BCUT2D eigenvalue weighted by atomic mass is 16.6. The van der Waals surface area contributed by atoms with Gasteiger partial charge in [-0.3, -0.25) is 0 Å². The van der Waals surface area contributed by atoms with Crippen molar-refractivity contribution < 1.29 is 9.53 Å². The van der Waals surface area contributed by atoms with Crippen molar-refractivity contribution in [1.29, 1.82) is 0 Å². The molecule has 2 rings (SSSR count). The molecule has 0 saturated heterocycles. The molecule has 1 unspecified atom stereocenters. The number of amides is 1. The average Bonchev–Trinajstić information content (AvgIpc) is 2.40. The summed E-state index contributed by atoms with van der Waals surface area (Å²) in [7, 11) is 0. The Morgan fingerprint density at radius 3 is 2.35 bits per heavy atom. The standard InChI is InChI=1S/C19H30N2O2/c1-14-7-9-16(10-8-14)15(2)20-13-19(11-6-12-19)21-17(22)23-18(3,4)5/h7-10,15,20H,6,11-13H2,1-5H3,(H,21,22). The van der Waals surface area contributed by atoms with E-state index in [-0.39, 0.29) is 17.7 Å². The smallest absolute Gasteiger partial charge is 0.408 e. The van der Waals surface area contributed by atoms with E-state index in [9.17, 15) is 4.79 Å². The van der Waals surface area contributed by atoms with Gasteiger partial charge < -0.3 is 15.4 Å². The van der Waals surface area contributed by atoms with Crippen LogP contribution in [0.15, 0.2) is 24.3 Å². The Hall–Kier alpha value is -1.55. The summed E-state index contributed by atoms with van der Waals surface area (Å²) in [5.74, 6) is 0. The van der Waals surface area contributed by atoms with Gasteiger partial charge in [0, 0.05) is 12.6 Å². The van der Waals surface area contributed by atoms with Gasteiger partial charge >= 0.3 is 6.09 Å². The molecule has 0 aromatic heterocycles. The molecule has 1 aliphatic carbocycles. The van der Waals surface area contributed by atoms with Crippen LogP contribution in [0.1, 0.15) is 64.1 Å². The Bertz CT molecular complexity index is 527. The molecule has 1 amide bonds. The first-order chi connectivity index (χ1) is 10.7. The molecule has 0 heterocycles. The van der Waals surface area contributed by atoms with Crippen molar-refractivity contribution in [2.45, 2.75) is 71.1 Å². The summed E-state index contributed by atoms with van der Waals surface area (Å²) in [4.78, 5) is 12.1. The Morgan fingerprint density at radius 1 is 1.26 bits per heavy atom. The van der Waals surface area contributed by atoms with Gasteiger partial charge in [0.25, 0.3) is 0 Å². The highest BCUT2D eigenvalue weighted by Gasteiger charge is 2.39. The second-order valence-corrected chi connectivity index (χ2v) is 7.77. The van der Waals surface area contributed by atoms with Crippen LogP contribution in [0.25, 0.3) is 0 Å². The fourth-order valence-electron chi connectivity index (χ4n) is 2.79. The zero-order valence-electron chi connectivity index (χ0n) is 15.0. The Balaban J connectivity index is 1.89. The van der Waals surface area contributed by atoms with Crippen LogP contribution in [0, 0.1) is 6.92 Å². The molecule has 2 N–H and O–H groups in total. The number of rotatable bonds is 5. The molecule has 4 nitrogen and oxygen atoms in total. The quantitative estimate of drug-likeness (QED) is 0.859. The van der Waals surface area contributed by atoms with Gasteiger partial charge in [-0.15, -0.1) is 0 Å². The fourth-order valence-corrected chi connectivity index (χ4v) is 2.79. The molecule has 0 aliphatic heterocycles. The molecule has 1 aliphatic rings. The molecule has 0 spiro atoms. The van der Waals surface area contributed by atoms with Crippen LogP contribution in [0.5, 0.6) is 0 Å². The van der Waals surface area contributed by atoms with Crippen molar-refractivity contribution in [3.05, 3.63) is 35.4 Å². The van der Waals surface area contributed by atoms with Crippen LogP contribution < -0.4 is 10.6 Å². The first-order valence-electron chi connectivity index (χ1n) is 8.50. The van der Waals surface area contributed by atoms with E-state index in [2.05, 4.69) is 48.7 Å². The molecular weight excluding hydrogens is 288 g/mol. The minimum absolute atomic E-state index is 0.165. The van der Waals surface area contributed by atoms with Crippen molar-refractivity contribution in [2.75, 3.05) is 6.54 Å². The van der Waals surface area contributed by atoms with E-state index in [0.717, 1.165) is 25.8 Å². The topological polar surface area (TPSA) is 50.4 Å². The highest BCUT2D eigenvalue weighted by Crippen LogP contribution is 2.32. The first-order valence-corrected chi connectivity index (χ1v) is 8.50. The van der Waals surface area contributed by atoms with E-state index >= 15 is 0 Å². The van der Waals surface area contributed by atoms with Gasteiger partial charge in [0.1, 0.15) is 5.60 Å². The van der Waals surface area contributed by atoms with Gasteiger partial charge in [-0.1, -0.05) is 29.8 Å². The molecule has 1 aromatic rings. The van der Waals surface area contributed by atoms with E-state index in [1.54, 1.807) is 0 Å². The third-order valence-electron chi connectivity index (χ3n) is 4.40. The van der Waals surface area contributed by atoms with E-state index in [4.69, 9.17) is 4.74 Å². The van der Waals surface area contributed by atoms with Gasteiger partial charge in [0.2, 0.25) is 0 Å². The molecular formula is C19H30N2O2. The summed E-state index contributed by atoms with van der Waals surface area (Å²) in [6.45, 7) is 10.7. The number of carbonyl (C=O) groups excluding carboxylic acids is 1. The second kappa shape index (κ2) is 6.91. The van der Waals surface area contributed by atoms with E-state index < -0.39 is 5.60 Å². The third-order valence-corrected chi connectivity index (χ3v) is 4.40. The predicted octanol–water partition coefficient (Wildman–Crippen LogP) is 4.09. The first kappa shape index (κ1) is 17.8. The lowest BCUT2D eigenvalue weighted by Crippen LogP contribution is -2.60. The minimum atomic E-state index is -0.461. The monoisotopic (exact) mass is 318 g/mol. The van der Waals surface area contributed by atoms with Crippen molar-refractivity contribution in [2.24, 2.45) is 0 Å². The lowest BCUT2D eigenvalue weighted by Gasteiger charge is -2.43. The molecule has 0 radical (unpaired) electrons. The second-order valence-electron chi connectivity index (χ2n) is 7.77. The lowest BCUT2D eigenvalue weighted by atomic mass is 9.76. The molecule has 1 aromatic carbocycles.